The Morgan fingerprint density at radius 3 is 2.26 bits per heavy atom. The number of primary amides is 1. The Morgan fingerprint density at radius 1 is 1.06 bits per heavy atom. The van der Waals surface area contributed by atoms with Gasteiger partial charge in [0.2, 0.25) is 17.6 Å². The average molecular weight is 762 g/mol. The fourth-order valence-electron chi connectivity index (χ4n) is 6.95. The van der Waals surface area contributed by atoms with Gasteiger partial charge in [0.05, 0.1) is 17.7 Å². The van der Waals surface area contributed by atoms with Crippen molar-refractivity contribution in [2.24, 2.45) is 17.3 Å². The van der Waals surface area contributed by atoms with Crippen molar-refractivity contribution >= 4 is 52.7 Å². The van der Waals surface area contributed by atoms with E-state index in [0.29, 0.717) is 12.0 Å². The summed E-state index contributed by atoms with van der Waals surface area (Å²) < 4.78 is 11.7. The van der Waals surface area contributed by atoms with E-state index < -0.39 is 94.9 Å². The summed E-state index contributed by atoms with van der Waals surface area (Å²) in [7, 11) is 3.17. The van der Waals surface area contributed by atoms with Crippen molar-refractivity contribution in [3.05, 3.63) is 22.4 Å². The molecule has 3 aliphatic rings. The van der Waals surface area contributed by atoms with E-state index in [1.165, 1.54) is 26.5 Å². The van der Waals surface area contributed by atoms with Crippen molar-refractivity contribution in [1.29, 1.82) is 0 Å². The third kappa shape index (κ3) is 11.1. The van der Waals surface area contributed by atoms with Crippen LogP contribution >= 0.6 is 11.3 Å². The minimum absolute atomic E-state index is 0.0939. The summed E-state index contributed by atoms with van der Waals surface area (Å²) in [6, 6.07) is -2.41. The zero-order chi connectivity index (χ0) is 39.6. The lowest BCUT2D eigenvalue weighted by atomic mass is 9.85. The minimum Gasteiger partial charge on any atom is -0.444 e. The number of Topliss-reactive ketones (excluding diaryl/α,β-unsaturated/α-hetero) is 1. The van der Waals surface area contributed by atoms with Crippen molar-refractivity contribution in [1.82, 2.24) is 25.8 Å². The van der Waals surface area contributed by atoms with Crippen LogP contribution in [0.1, 0.15) is 92.7 Å². The highest BCUT2D eigenvalue weighted by atomic mass is 32.1. The smallest absolute Gasteiger partial charge is 0.408 e. The van der Waals surface area contributed by atoms with Crippen LogP contribution in [0.15, 0.2) is 16.8 Å². The molecule has 1 aliphatic carbocycles. The van der Waals surface area contributed by atoms with Gasteiger partial charge in [-0.3, -0.25) is 29.3 Å². The summed E-state index contributed by atoms with van der Waals surface area (Å²) in [5.41, 5.74) is -1.49. The zero-order valence-electron chi connectivity index (χ0n) is 32.6. The number of fused-ring (bicyclic) bond motifs is 1. The first kappa shape index (κ1) is 41.9. The Labute approximate surface area is 315 Å². The van der Waals surface area contributed by atoms with Crippen molar-refractivity contribution < 1.29 is 48.4 Å². The molecular weight excluding hydrogens is 705 g/mol. The quantitative estimate of drug-likeness (QED) is 0.214. The Kier molecular flexibility index (Phi) is 12.8. The Morgan fingerprint density at radius 2 is 1.72 bits per heavy atom. The highest BCUT2D eigenvalue weighted by Crippen LogP contribution is 2.44. The minimum atomic E-state index is -1.20. The molecule has 3 heterocycles. The molecule has 2 saturated heterocycles. The highest BCUT2D eigenvalue weighted by Gasteiger charge is 2.57. The number of carbonyl (C=O) groups excluding carboxylic acids is 7. The van der Waals surface area contributed by atoms with Crippen molar-refractivity contribution in [2.45, 2.75) is 123 Å². The van der Waals surface area contributed by atoms with Gasteiger partial charge in [-0.05, 0) is 70.2 Å². The molecule has 3 fully saturated rings. The molecule has 0 aromatic carbocycles. The maximum absolute atomic E-state index is 14.3. The van der Waals surface area contributed by atoms with Crippen molar-refractivity contribution in [3.8, 4) is 0 Å². The average Bonchev–Trinajstić information content (AvgIpc) is 3.41. The number of hydrogen-bond donors (Lipinski definition) is 4. The number of ketones is 1. The van der Waals surface area contributed by atoms with Crippen LogP contribution in [0.2, 0.25) is 0 Å². The standard InChI is InChI=1S/C37H56N6O9S/c1-35(2,3)29(41-34(50)52-36(4,5)6)33(49)43-18-24-22(16-37(7,8)51-24)27(43)30(46)39-23(15-20-11-12-20)28(45)31(47)38-17-25(44)40-26(32(48)42(9)10)21-13-14-53-19-21/h13-14,19-20,22-24,26-27,29H,11-12,15-18H2,1-10H3,(H,38,47)(H,39,46)(H,40,44)(H,41,50)/p+1/t22-,23?,24-,26-,27-,29+/m0/s1. The van der Waals surface area contributed by atoms with E-state index >= 15 is 0 Å². The molecule has 1 unspecified atom stereocenters. The second kappa shape index (κ2) is 16.2. The number of quaternary nitrogens is 1. The summed E-state index contributed by atoms with van der Waals surface area (Å²) >= 11 is 1.38. The molecule has 15 nitrogen and oxygen atoms in total. The van der Waals surface area contributed by atoms with E-state index in [0.717, 1.165) is 12.8 Å². The molecule has 1 aromatic heterocycles. The van der Waals surface area contributed by atoms with Crippen LogP contribution in [-0.4, -0.2) is 114 Å². The second-order valence-corrected chi connectivity index (χ2v) is 18.1. The summed E-state index contributed by atoms with van der Waals surface area (Å²) in [6.45, 7) is 13.9. The first-order valence-corrected chi connectivity index (χ1v) is 19.1. The Balaban J connectivity index is 1.50. The lowest BCUT2D eigenvalue weighted by Crippen LogP contribution is -2.92. The maximum atomic E-state index is 14.3. The summed E-state index contributed by atoms with van der Waals surface area (Å²) in [6.07, 6.45) is 1.12. The molecule has 2 aliphatic heterocycles. The normalized spacial score (nSPS) is 22.5. The first-order chi connectivity index (χ1) is 24.5. The molecule has 0 bridgehead atoms. The maximum Gasteiger partial charge on any atom is 0.408 e. The second-order valence-electron chi connectivity index (χ2n) is 17.4. The van der Waals surface area contributed by atoms with E-state index in [2.05, 4.69) is 16.0 Å². The van der Waals surface area contributed by atoms with Crippen LogP contribution < -0.4 is 21.3 Å². The van der Waals surface area contributed by atoms with Gasteiger partial charge in [0.1, 0.15) is 24.2 Å². The van der Waals surface area contributed by atoms with Crippen LogP contribution in [-0.2, 0) is 38.2 Å². The largest absolute Gasteiger partial charge is 0.444 e. The number of hydrogen-bond acceptors (Lipinski definition) is 10. The fourth-order valence-corrected chi connectivity index (χ4v) is 7.64. The van der Waals surface area contributed by atoms with Gasteiger partial charge in [-0.25, -0.2) is 9.59 Å². The number of thiophene rings is 1. The highest BCUT2D eigenvalue weighted by molar-refractivity contribution is 7.08. The number of carbonyl (C=O) groups is 7. The number of likely N-dealkylation sites (tertiary alicyclic amines) is 1. The van der Waals surface area contributed by atoms with Crippen LogP contribution in [0.5, 0.6) is 0 Å². The van der Waals surface area contributed by atoms with Crippen molar-refractivity contribution in [2.75, 3.05) is 27.2 Å². The zero-order valence-corrected chi connectivity index (χ0v) is 33.4. The molecule has 16 heteroatoms. The lowest BCUT2D eigenvalue weighted by Gasteiger charge is -2.37. The summed E-state index contributed by atoms with van der Waals surface area (Å²) in [4.78, 5) is 96.8. The summed E-state index contributed by atoms with van der Waals surface area (Å²) in [5.74, 6) is -4.19. The molecule has 0 radical (unpaired) electrons. The predicted molar refractivity (Wildman–Crippen MR) is 195 cm³/mol. The van der Waals surface area contributed by atoms with Crippen molar-refractivity contribution in [3.63, 3.8) is 0 Å². The van der Waals surface area contributed by atoms with Gasteiger partial charge in [-0.15, -0.1) is 0 Å². The van der Waals surface area contributed by atoms with Crippen LogP contribution in [0.3, 0.4) is 0 Å². The molecule has 294 valence electrons. The number of amides is 6. The Bertz CT molecular complexity index is 1560. The number of likely N-dealkylation sites (N-methyl/N-ethyl adjacent to an activating group) is 1. The van der Waals surface area contributed by atoms with E-state index in [-0.39, 0.29) is 24.8 Å². The van der Waals surface area contributed by atoms with E-state index in [1.807, 2.05) is 13.8 Å². The third-order valence-corrected chi connectivity index (χ3v) is 10.3. The summed E-state index contributed by atoms with van der Waals surface area (Å²) in [5, 5.41) is 12.7. The number of nitrogens with zero attached hydrogens (tertiary/aromatic N) is 2. The molecule has 5 N–H and O–H groups in total. The van der Waals surface area contributed by atoms with E-state index in [9.17, 15) is 33.6 Å². The topological polar surface area (TPSA) is 197 Å². The number of nitrogens with one attached hydrogen (secondary N) is 3. The number of ether oxygens (including phenoxy) is 2. The van der Waals surface area contributed by atoms with Crippen LogP contribution in [0.4, 0.5) is 4.79 Å². The van der Waals surface area contributed by atoms with Crippen LogP contribution in [0, 0.1) is 17.3 Å². The third-order valence-electron chi connectivity index (χ3n) is 9.63. The lowest BCUT2D eigenvalue weighted by molar-refractivity contribution is -0.598. The Hall–Kier alpha value is -3.89. The predicted octanol–water partition coefficient (Wildman–Crippen LogP) is 1.27. The molecule has 53 heavy (non-hydrogen) atoms. The molecule has 0 spiro atoms. The SMILES string of the molecule is CN(C)C(=O)[C@@H]([NH2+]C(=O)CNC(=O)C(=O)C(CC1CC1)NC(=O)[C@@H]1[C@H]2CC(C)(C)O[C@H]2CN1C(=O)[C@@H](NC(=O)OC(C)(C)C)C(C)(C)C)c1ccsc1. The van der Waals surface area contributed by atoms with E-state index in [1.54, 1.807) is 72.5 Å². The molecule has 1 saturated carbocycles. The first-order valence-electron chi connectivity index (χ1n) is 18.2. The van der Waals surface area contributed by atoms with E-state index in [4.69, 9.17) is 9.47 Å². The van der Waals surface area contributed by atoms with Gasteiger partial charge < -0.3 is 35.2 Å². The van der Waals surface area contributed by atoms with Gasteiger partial charge in [0.15, 0.2) is 6.04 Å². The number of alkyl carbamates (subject to hydrolysis) is 1. The van der Waals surface area contributed by atoms with Gasteiger partial charge in [-0.1, -0.05) is 33.6 Å². The monoisotopic (exact) mass is 761 g/mol. The van der Waals surface area contributed by atoms with Gasteiger partial charge >= 0.3 is 12.0 Å². The number of nitrogens with two attached hydrogens (primary N) is 1. The molecule has 4 rings (SSSR count). The molecular formula is C37H57N6O9S+. The molecule has 6 atom stereocenters. The van der Waals surface area contributed by atoms with Gasteiger partial charge in [0, 0.05) is 37.5 Å². The molecule has 1 aromatic rings. The van der Waals surface area contributed by atoms with Gasteiger partial charge in [-0.2, -0.15) is 11.3 Å². The van der Waals surface area contributed by atoms with Gasteiger partial charge in [0.25, 0.3) is 11.8 Å². The number of rotatable bonds is 13. The fraction of sp³-hybridized carbons (Fsp3) is 0.703. The molecule has 6 amide bonds. The van der Waals surface area contributed by atoms with Crippen LogP contribution in [0.25, 0.3) is 0 Å².